The predicted octanol–water partition coefficient (Wildman–Crippen LogP) is 6.67. The Balaban J connectivity index is 2.36. The number of ketones is 3. The summed E-state index contributed by atoms with van der Waals surface area (Å²) >= 11 is 0. The van der Waals surface area contributed by atoms with Gasteiger partial charge in [-0.15, -0.1) is 0 Å². The molecule has 0 N–H and O–H groups in total. The van der Waals surface area contributed by atoms with Crippen LogP contribution in [0.15, 0.2) is 65.0 Å². The first-order valence-electron chi connectivity index (χ1n) is 12.1. The fourth-order valence-electron chi connectivity index (χ4n) is 5.77. The van der Waals surface area contributed by atoms with Gasteiger partial charge in [0.2, 0.25) is 0 Å². The molecule has 0 saturated heterocycles. The molecule has 2 bridgehead atoms. The summed E-state index contributed by atoms with van der Waals surface area (Å²) in [6, 6.07) is 8.79. The first-order chi connectivity index (χ1) is 15.8. The number of carbonyl (C=O) groups is 3. The maximum Gasteiger partial charge on any atom is 0.200 e. The number of rotatable bonds is 7. The standard InChI is InChI=1S/C30H38O4/c1-19(2)14-15-22-18-30(17-16-20(3)4)26(34-8)23(24(31)21-12-10-9-11-13-21)25(32)29(7,27(30)33)28(22,5)6/h9-14,16,22H,15,17-18H2,1-8H3/t22-,29+,30-/m1/s1. The third-order valence-corrected chi connectivity index (χ3v) is 8.27. The fourth-order valence-corrected chi connectivity index (χ4v) is 5.77. The molecular weight excluding hydrogens is 424 g/mol. The molecule has 1 aromatic carbocycles. The molecule has 0 aromatic heterocycles. The normalized spacial score (nSPS) is 27.8. The van der Waals surface area contributed by atoms with Crippen LogP contribution in [0.1, 0.15) is 78.1 Å². The molecule has 4 nitrogen and oxygen atoms in total. The second kappa shape index (κ2) is 9.13. The van der Waals surface area contributed by atoms with Crippen LogP contribution in [0.5, 0.6) is 0 Å². The molecule has 0 amide bonds. The van der Waals surface area contributed by atoms with E-state index in [1.165, 1.54) is 12.7 Å². The van der Waals surface area contributed by atoms with E-state index in [9.17, 15) is 14.4 Å². The lowest BCUT2D eigenvalue weighted by Gasteiger charge is -2.59. The van der Waals surface area contributed by atoms with Crippen molar-refractivity contribution >= 4 is 17.3 Å². The van der Waals surface area contributed by atoms with E-state index in [1.54, 1.807) is 31.2 Å². The van der Waals surface area contributed by atoms with Gasteiger partial charge in [0.1, 0.15) is 11.3 Å². The summed E-state index contributed by atoms with van der Waals surface area (Å²) in [5.74, 6) is -0.603. The van der Waals surface area contributed by atoms with Gasteiger partial charge in [0.25, 0.3) is 0 Å². The zero-order valence-electron chi connectivity index (χ0n) is 21.9. The van der Waals surface area contributed by atoms with Gasteiger partial charge in [-0.3, -0.25) is 14.4 Å². The molecule has 0 radical (unpaired) electrons. The molecule has 2 aliphatic rings. The van der Waals surface area contributed by atoms with E-state index < -0.39 is 22.0 Å². The van der Waals surface area contributed by atoms with Crippen molar-refractivity contribution in [2.24, 2.45) is 22.2 Å². The van der Waals surface area contributed by atoms with Gasteiger partial charge < -0.3 is 4.74 Å². The van der Waals surface area contributed by atoms with E-state index in [1.807, 2.05) is 39.8 Å². The summed E-state index contributed by atoms with van der Waals surface area (Å²) in [7, 11) is 1.48. The summed E-state index contributed by atoms with van der Waals surface area (Å²) < 4.78 is 5.87. The number of methoxy groups -OCH3 is 1. The summed E-state index contributed by atoms with van der Waals surface area (Å²) in [4.78, 5) is 42.3. The van der Waals surface area contributed by atoms with Gasteiger partial charge in [-0.05, 0) is 65.2 Å². The molecule has 34 heavy (non-hydrogen) atoms. The largest absolute Gasteiger partial charge is 0.499 e. The van der Waals surface area contributed by atoms with Gasteiger partial charge in [-0.2, -0.15) is 0 Å². The molecule has 1 fully saturated rings. The highest BCUT2D eigenvalue weighted by Crippen LogP contribution is 2.65. The van der Waals surface area contributed by atoms with Crippen LogP contribution in [0.3, 0.4) is 0 Å². The van der Waals surface area contributed by atoms with Crippen LogP contribution in [-0.4, -0.2) is 24.5 Å². The maximum atomic E-state index is 14.4. The third-order valence-electron chi connectivity index (χ3n) is 8.27. The predicted molar refractivity (Wildman–Crippen MR) is 135 cm³/mol. The molecule has 182 valence electrons. The molecule has 0 aliphatic heterocycles. The average molecular weight is 463 g/mol. The minimum absolute atomic E-state index is 0.0340. The number of benzene rings is 1. The molecule has 1 saturated carbocycles. The topological polar surface area (TPSA) is 60.4 Å². The number of Topliss-reactive ketones (excluding diaryl/α,β-unsaturated/α-hetero) is 3. The highest BCUT2D eigenvalue weighted by molar-refractivity contribution is 6.34. The van der Waals surface area contributed by atoms with Crippen LogP contribution in [-0.2, 0) is 14.3 Å². The zero-order valence-corrected chi connectivity index (χ0v) is 21.9. The van der Waals surface area contributed by atoms with Crippen LogP contribution in [0.25, 0.3) is 0 Å². The Hall–Kier alpha value is -2.75. The van der Waals surface area contributed by atoms with E-state index in [0.29, 0.717) is 18.4 Å². The lowest BCUT2D eigenvalue weighted by atomic mass is 9.41. The third kappa shape index (κ3) is 3.81. The van der Waals surface area contributed by atoms with Crippen molar-refractivity contribution in [2.45, 2.75) is 67.7 Å². The molecule has 0 unspecified atom stereocenters. The Bertz CT molecular complexity index is 1090. The van der Waals surface area contributed by atoms with E-state index in [2.05, 4.69) is 19.9 Å². The van der Waals surface area contributed by atoms with E-state index in [4.69, 9.17) is 4.74 Å². The Morgan fingerprint density at radius 3 is 2.12 bits per heavy atom. The van der Waals surface area contributed by atoms with E-state index in [0.717, 1.165) is 12.0 Å². The van der Waals surface area contributed by atoms with Crippen LogP contribution in [0, 0.1) is 22.2 Å². The van der Waals surface area contributed by atoms with Crippen molar-refractivity contribution in [3.63, 3.8) is 0 Å². The van der Waals surface area contributed by atoms with Gasteiger partial charge in [-0.25, -0.2) is 0 Å². The van der Waals surface area contributed by atoms with Crippen molar-refractivity contribution in [3.05, 3.63) is 70.5 Å². The van der Waals surface area contributed by atoms with Crippen molar-refractivity contribution in [1.29, 1.82) is 0 Å². The molecule has 1 aromatic rings. The smallest absolute Gasteiger partial charge is 0.200 e. The molecule has 2 aliphatic carbocycles. The maximum absolute atomic E-state index is 14.4. The Kier molecular flexibility index (Phi) is 6.94. The van der Waals surface area contributed by atoms with Crippen LogP contribution >= 0.6 is 0 Å². The highest BCUT2D eigenvalue weighted by atomic mass is 16.5. The minimum Gasteiger partial charge on any atom is -0.499 e. The Labute approximate surface area is 204 Å². The average Bonchev–Trinajstić information content (AvgIpc) is 2.79. The summed E-state index contributed by atoms with van der Waals surface area (Å²) in [6.45, 7) is 13.9. The fraction of sp³-hybridized carbons (Fsp3) is 0.500. The second-order valence-electron chi connectivity index (χ2n) is 11.1. The van der Waals surface area contributed by atoms with Gasteiger partial charge in [0.05, 0.1) is 17.9 Å². The molecule has 0 heterocycles. The lowest BCUT2D eigenvalue weighted by molar-refractivity contribution is -0.169. The van der Waals surface area contributed by atoms with Gasteiger partial charge in [-0.1, -0.05) is 67.5 Å². The minimum atomic E-state index is -1.33. The quantitative estimate of drug-likeness (QED) is 0.196. The molecule has 4 heteroatoms. The number of hydrogen-bond acceptors (Lipinski definition) is 4. The van der Waals surface area contributed by atoms with Crippen molar-refractivity contribution in [1.82, 2.24) is 0 Å². The monoisotopic (exact) mass is 462 g/mol. The molecule has 3 rings (SSSR count). The first kappa shape index (κ1) is 25.9. The van der Waals surface area contributed by atoms with Crippen LogP contribution in [0.4, 0.5) is 0 Å². The van der Waals surface area contributed by atoms with Crippen molar-refractivity contribution < 1.29 is 19.1 Å². The zero-order chi connectivity index (χ0) is 25.5. The van der Waals surface area contributed by atoms with Crippen LogP contribution in [0.2, 0.25) is 0 Å². The van der Waals surface area contributed by atoms with Gasteiger partial charge >= 0.3 is 0 Å². The van der Waals surface area contributed by atoms with Crippen molar-refractivity contribution in [2.75, 3.05) is 7.11 Å². The summed E-state index contributed by atoms with van der Waals surface area (Å²) in [5.41, 5.74) is -0.275. The van der Waals surface area contributed by atoms with E-state index >= 15 is 0 Å². The number of hydrogen-bond donors (Lipinski definition) is 0. The molecule has 3 atom stereocenters. The Morgan fingerprint density at radius 1 is 1.00 bits per heavy atom. The SMILES string of the molecule is COC1=C(C(=O)c2ccccc2)C(=O)[C@@]2(C)C(=O)[C@]1(CC=C(C)C)C[C@@H](CC=C(C)C)C2(C)C. The van der Waals surface area contributed by atoms with Gasteiger partial charge in [0.15, 0.2) is 17.3 Å². The molecule has 0 spiro atoms. The second-order valence-corrected chi connectivity index (χ2v) is 11.1. The first-order valence-corrected chi connectivity index (χ1v) is 12.1. The number of fused-ring (bicyclic) bond motifs is 2. The Morgan fingerprint density at radius 2 is 1.59 bits per heavy atom. The van der Waals surface area contributed by atoms with E-state index in [-0.39, 0.29) is 28.8 Å². The number of allylic oxidation sites excluding steroid dienone is 6. The number of ether oxygens (including phenoxy) is 1. The molecular formula is C30H38O4. The van der Waals surface area contributed by atoms with Gasteiger partial charge in [0, 0.05) is 5.56 Å². The summed E-state index contributed by atoms with van der Waals surface area (Å²) in [6.07, 6.45) is 5.93. The lowest BCUT2D eigenvalue weighted by Crippen LogP contribution is -2.66. The number of carbonyl (C=O) groups excluding carboxylic acids is 3. The summed E-state index contributed by atoms with van der Waals surface area (Å²) in [5, 5.41) is 0. The van der Waals surface area contributed by atoms with Crippen LogP contribution < -0.4 is 0 Å². The highest BCUT2D eigenvalue weighted by Gasteiger charge is 2.70. The van der Waals surface area contributed by atoms with Crippen molar-refractivity contribution in [3.8, 4) is 0 Å².